The maximum atomic E-state index is 2.65. The predicted octanol–water partition coefficient (Wildman–Crippen LogP) is 4.64. The van der Waals surface area contributed by atoms with Crippen LogP contribution in [-0.2, 0) is 12.8 Å². The lowest BCUT2D eigenvalue weighted by molar-refractivity contribution is 0.192. The van der Waals surface area contributed by atoms with Crippen LogP contribution in [0.2, 0.25) is 11.6 Å². The van der Waals surface area contributed by atoms with E-state index in [-0.39, 0.29) is 0 Å². The summed E-state index contributed by atoms with van der Waals surface area (Å²) in [6, 6.07) is 14.9. The summed E-state index contributed by atoms with van der Waals surface area (Å²) < 4.78 is 0. The Labute approximate surface area is 158 Å². The molecule has 2 aromatic carbocycles. The SMILES string of the molecule is CC[C@H]1[C@@H](C)B2c3cc4c(cc3C[C@@H](C)[C@H]2CN1C)-c1ccccc1C4. The summed E-state index contributed by atoms with van der Waals surface area (Å²) in [6.07, 6.45) is 3.64. The van der Waals surface area contributed by atoms with E-state index in [9.17, 15) is 0 Å². The van der Waals surface area contributed by atoms with Gasteiger partial charge in [0, 0.05) is 6.04 Å². The largest absolute Gasteiger partial charge is 0.304 e. The number of rotatable bonds is 1. The lowest BCUT2D eigenvalue weighted by Crippen LogP contribution is -2.59. The van der Waals surface area contributed by atoms with E-state index in [1.54, 1.807) is 16.6 Å². The second-order valence-corrected chi connectivity index (χ2v) is 9.19. The molecule has 2 heteroatoms. The highest BCUT2D eigenvalue weighted by Crippen LogP contribution is 2.45. The van der Waals surface area contributed by atoms with Gasteiger partial charge in [-0.05, 0) is 72.7 Å². The van der Waals surface area contributed by atoms with Crippen LogP contribution in [0.25, 0.3) is 11.1 Å². The predicted molar refractivity (Wildman–Crippen MR) is 113 cm³/mol. The second kappa shape index (κ2) is 5.99. The van der Waals surface area contributed by atoms with Gasteiger partial charge in [0.2, 0.25) is 0 Å². The molecule has 1 saturated heterocycles. The summed E-state index contributed by atoms with van der Waals surface area (Å²) in [4.78, 5) is 2.65. The molecule has 0 unspecified atom stereocenters. The van der Waals surface area contributed by atoms with E-state index in [1.807, 2.05) is 0 Å². The van der Waals surface area contributed by atoms with Crippen molar-refractivity contribution in [1.29, 1.82) is 0 Å². The molecule has 0 spiro atoms. The first-order chi connectivity index (χ1) is 12.6. The smallest absolute Gasteiger partial charge is 0.185 e. The van der Waals surface area contributed by atoms with Crippen LogP contribution in [0.1, 0.15) is 43.9 Å². The zero-order valence-corrected chi connectivity index (χ0v) is 16.6. The van der Waals surface area contributed by atoms with Crippen molar-refractivity contribution in [2.75, 3.05) is 13.6 Å². The van der Waals surface area contributed by atoms with E-state index in [2.05, 4.69) is 69.1 Å². The average molecular weight is 343 g/mol. The number of nitrogens with zero attached hydrogens (tertiary/aromatic N) is 1. The van der Waals surface area contributed by atoms with E-state index >= 15 is 0 Å². The molecule has 0 amide bonds. The Bertz CT molecular complexity index is 857. The molecular weight excluding hydrogens is 313 g/mol. The van der Waals surface area contributed by atoms with Crippen LogP contribution in [0.4, 0.5) is 0 Å². The van der Waals surface area contributed by atoms with Gasteiger partial charge in [0.1, 0.15) is 0 Å². The normalized spacial score (nSPS) is 29.8. The van der Waals surface area contributed by atoms with Crippen molar-refractivity contribution in [1.82, 2.24) is 4.90 Å². The van der Waals surface area contributed by atoms with Crippen molar-refractivity contribution in [2.24, 2.45) is 5.92 Å². The molecule has 1 aliphatic carbocycles. The summed E-state index contributed by atoms with van der Waals surface area (Å²) >= 11 is 0. The number of fused-ring (bicyclic) bond motifs is 6. The van der Waals surface area contributed by atoms with Gasteiger partial charge in [-0.1, -0.05) is 68.2 Å². The highest BCUT2D eigenvalue weighted by molar-refractivity contribution is 6.77. The number of benzene rings is 2. The first kappa shape index (κ1) is 16.6. The zero-order chi connectivity index (χ0) is 18.0. The Morgan fingerprint density at radius 2 is 1.85 bits per heavy atom. The molecule has 0 saturated carbocycles. The average Bonchev–Trinajstić information content (AvgIpc) is 2.98. The maximum absolute atomic E-state index is 2.65. The molecule has 1 fully saturated rings. The fourth-order valence-corrected chi connectivity index (χ4v) is 6.58. The Morgan fingerprint density at radius 1 is 1.04 bits per heavy atom. The standard InChI is InChI=1S/C24H30BN/c1-5-24-16(3)25-22-13-18-11-17-8-6-7-9-20(17)21(18)12-19(22)10-15(2)23(25)14-26(24)4/h6-9,12-13,15-16,23-24H,5,10-11,14H2,1-4H3/t15-,16-,23-,24+/m1/s1. The molecule has 4 atom stereocenters. The fourth-order valence-electron chi connectivity index (χ4n) is 6.58. The third kappa shape index (κ3) is 2.27. The van der Waals surface area contributed by atoms with Crippen molar-refractivity contribution >= 4 is 12.2 Å². The third-order valence-corrected chi connectivity index (χ3v) is 7.80. The van der Waals surface area contributed by atoms with Crippen LogP contribution in [0.5, 0.6) is 0 Å². The summed E-state index contributed by atoms with van der Waals surface area (Å²) in [5, 5.41) is 0. The van der Waals surface area contributed by atoms with Gasteiger partial charge in [-0.3, -0.25) is 0 Å². The quantitative estimate of drug-likeness (QED) is 0.582. The molecule has 26 heavy (non-hydrogen) atoms. The minimum absolute atomic E-state index is 0.722. The van der Waals surface area contributed by atoms with Gasteiger partial charge >= 0.3 is 0 Å². The lowest BCUT2D eigenvalue weighted by atomic mass is 9.24. The Morgan fingerprint density at radius 3 is 2.65 bits per heavy atom. The van der Waals surface area contributed by atoms with Gasteiger partial charge in [0.25, 0.3) is 0 Å². The van der Waals surface area contributed by atoms with Crippen molar-refractivity contribution in [3.05, 3.63) is 53.1 Å². The molecule has 0 radical (unpaired) electrons. The molecule has 2 aliphatic heterocycles. The Balaban J connectivity index is 1.62. The van der Waals surface area contributed by atoms with Gasteiger partial charge in [0.15, 0.2) is 6.71 Å². The first-order valence-corrected chi connectivity index (χ1v) is 10.5. The van der Waals surface area contributed by atoms with Crippen molar-refractivity contribution in [3.8, 4) is 11.1 Å². The van der Waals surface area contributed by atoms with Crippen LogP contribution < -0.4 is 5.46 Å². The van der Waals surface area contributed by atoms with Gasteiger partial charge in [0.05, 0.1) is 0 Å². The summed E-state index contributed by atoms with van der Waals surface area (Å²) in [5.74, 6) is 2.34. The van der Waals surface area contributed by atoms with Gasteiger partial charge < -0.3 is 4.90 Å². The molecule has 2 heterocycles. The first-order valence-electron chi connectivity index (χ1n) is 10.5. The minimum atomic E-state index is 0.722. The maximum Gasteiger partial charge on any atom is 0.185 e. The number of hydrogen-bond acceptors (Lipinski definition) is 1. The molecule has 0 bridgehead atoms. The molecule has 1 nitrogen and oxygen atoms in total. The van der Waals surface area contributed by atoms with Crippen LogP contribution in [0.3, 0.4) is 0 Å². The molecule has 134 valence electrons. The van der Waals surface area contributed by atoms with E-state index in [0.717, 1.165) is 36.7 Å². The van der Waals surface area contributed by atoms with Gasteiger partial charge in [-0.2, -0.15) is 0 Å². The van der Waals surface area contributed by atoms with Crippen LogP contribution in [0, 0.1) is 5.92 Å². The lowest BCUT2D eigenvalue weighted by Gasteiger charge is -2.50. The third-order valence-electron chi connectivity index (χ3n) is 7.80. The molecule has 3 aliphatic rings. The van der Waals surface area contributed by atoms with Crippen LogP contribution in [0.15, 0.2) is 36.4 Å². The minimum Gasteiger partial charge on any atom is -0.304 e. The zero-order valence-electron chi connectivity index (χ0n) is 16.6. The van der Waals surface area contributed by atoms with Crippen LogP contribution >= 0.6 is 0 Å². The fraction of sp³-hybridized carbons (Fsp3) is 0.500. The summed E-state index contributed by atoms with van der Waals surface area (Å²) in [6.45, 7) is 9.39. The molecular formula is C24H30BN. The van der Waals surface area contributed by atoms with Crippen LogP contribution in [-0.4, -0.2) is 31.2 Å². The molecule has 0 N–H and O–H groups in total. The molecule has 0 aromatic heterocycles. The molecule has 5 rings (SSSR count). The Kier molecular flexibility index (Phi) is 3.83. The van der Waals surface area contributed by atoms with Gasteiger partial charge in [-0.25, -0.2) is 0 Å². The highest BCUT2D eigenvalue weighted by atomic mass is 15.1. The second-order valence-electron chi connectivity index (χ2n) is 9.19. The molecule has 2 aromatic rings. The van der Waals surface area contributed by atoms with E-state index in [1.165, 1.54) is 36.1 Å². The van der Waals surface area contributed by atoms with E-state index < -0.39 is 0 Å². The summed E-state index contributed by atoms with van der Waals surface area (Å²) in [7, 11) is 2.35. The van der Waals surface area contributed by atoms with E-state index in [4.69, 9.17) is 0 Å². The van der Waals surface area contributed by atoms with Crippen molar-refractivity contribution in [2.45, 2.75) is 57.7 Å². The van der Waals surface area contributed by atoms with Crippen molar-refractivity contribution in [3.63, 3.8) is 0 Å². The monoisotopic (exact) mass is 343 g/mol. The summed E-state index contributed by atoms with van der Waals surface area (Å²) in [5.41, 5.74) is 9.40. The van der Waals surface area contributed by atoms with E-state index in [0.29, 0.717) is 0 Å². The number of hydrogen-bond donors (Lipinski definition) is 0. The topological polar surface area (TPSA) is 3.24 Å². The highest BCUT2D eigenvalue weighted by Gasteiger charge is 2.47. The Hall–Kier alpha value is -1.54. The van der Waals surface area contributed by atoms with Gasteiger partial charge in [-0.15, -0.1) is 0 Å². The van der Waals surface area contributed by atoms with Crippen molar-refractivity contribution < 1.29 is 0 Å².